The van der Waals surface area contributed by atoms with Crippen LogP contribution in [0.1, 0.15) is 31.7 Å². The van der Waals surface area contributed by atoms with Crippen LogP contribution in [0.15, 0.2) is 24.3 Å². The minimum atomic E-state index is 0.0381. The first-order chi connectivity index (χ1) is 12.1. The van der Waals surface area contributed by atoms with Crippen molar-refractivity contribution in [2.45, 2.75) is 45.3 Å². The standard InChI is InChI=1S/C20H31N3O2/c1-16-3-5-18(6-4-16)22-11-8-19(9-12-22)23-13-14-25-20(15-23)7-10-21-17(2)24/h3-6,19-20H,7-15H2,1-2H3,(H,21,24)/t20-/m0/s1. The molecule has 5 nitrogen and oxygen atoms in total. The number of benzene rings is 1. The molecule has 2 saturated heterocycles. The number of carbonyl (C=O) groups is 1. The van der Waals surface area contributed by atoms with Gasteiger partial charge in [0.1, 0.15) is 0 Å². The molecule has 0 aliphatic carbocycles. The van der Waals surface area contributed by atoms with Crippen LogP contribution >= 0.6 is 0 Å². The molecule has 2 aliphatic heterocycles. The minimum Gasteiger partial charge on any atom is -0.375 e. The van der Waals surface area contributed by atoms with E-state index in [0.29, 0.717) is 12.6 Å². The number of carbonyl (C=O) groups excluding carboxylic acids is 1. The molecule has 2 aliphatic rings. The average Bonchev–Trinajstić information content (AvgIpc) is 2.62. The van der Waals surface area contributed by atoms with Crippen LogP contribution in [0.2, 0.25) is 0 Å². The van der Waals surface area contributed by atoms with Crippen LogP contribution in [0.25, 0.3) is 0 Å². The van der Waals surface area contributed by atoms with Crippen molar-refractivity contribution in [3.63, 3.8) is 0 Å². The van der Waals surface area contributed by atoms with Crippen LogP contribution in [0.3, 0.4) is 0 Å². The van der Waals surface area contributed by atoms with E-state index in [-0.39, 0.29) is 12.0 Å². The Kier molecular flexibility index (Phi) is 6.32. The van der Waals surface area contributed by atoms with Gasteiger partial charge in [0.2, 0.25) is 5.91 Å². The zero-order chi connectivity index (χ0) is 17.6. The van der Waals surface area contributed by atoms with E-state index in [9.17, 15) is 4.79 Å². The van der Waals surface area contributed by atoms with Crippen molar-refractivity contribution in [1.29, 1.82) is 0 Å². The quantitative estimate of drug-likeness (QED) is 0.889. The normalized spacial score (nSPS) is 22.8. The van der Waals surface area contributed by atoms with Crippen LogP contribution in [0, 0.1) is 6.92 Å². The van der Waals surface area contributed by atoms with Gasteiger partial charge in [-0.15, -0.1) is 0 Å². The van der Waals surface area contributed by atoms with E-state index in [1.807, 2.05) is 0 Å². The van der Waals surface area contributed by atoms with Gasteiger partial charge >= 0.3 is 0 Å². The number of anilines is 1. The Morgan fingerprint density at radius 1 is 1.20 bits per heavy atom. The lowest BCUT2D eigenvalue weighted by atomic mass is 10.0. The number of nitrogens with one attached hydrogen (secondary N) is 1. The topological polar surface area (TPSA) is 44.8 Å². The second-order valence-electron chi connectivity index (χ2n) is 7.31. The smallest absolute Gasteiger partial charge is 0.216 e. The fourth-order valence-electron chi connectivity index (χ4n) is 3.90. The summed E-state index contributed by atoms with van der Waals surface area (Å²) >= 11 is 0. The third-order valence-electron chi connectivity index (χ3n) is 5.39. The first-order valence-electron chi connectivity index (χ1n) is 9.53. The molecule has 1 atom stereocenters. The fourth-order valence-corrected chi connectivity index (χ4v) is 3.90. The second-order valence-corrected chi connectivity index (χ2v) is 7.31. The van der Waals surface area contributed by atoms with Crippen molar-refractivity contribution >= 4 is 11.6 Å². The van der Waals surface area contributed by atoms with E-state index >= 15 is 0 Å². The van der Waals surface area contributed by atoms with Crippen LogP contribution in [-0.2, 0) is 9.53 Å². The predicted octanol–water partition coefficient (Wildman–Crippen LogP) is 2.19. The van der Waals surface area contributed by atoms with E-state index in [2.05, 4.69) is 46.3 Å². The highest BCUT2D eigenvalue weighted by Crippen LogP contribution is 2.24. The maximum Gasteiger partial charge on any atom is 0.216 e. The molecule has 5 heteroatoms. The Morgan fingerprint density at radius 2 is 1.92 bits per heavy atom. The summed E-state index contributed by atoms with van der Waals surface area (Å²) in [5, 5.41) is 2.87. The number of amides is 1. The summed E-state index contributed by atoms with van der Waals surface area (Å²) in [5.41, 5.74) is 2.66. The highest BCUT2D eigenvalue weighted by Gasteiger charge is 2.29. The van der Waals surface area contributed by atoms with Crippen LogP contribution in [-0.4, -0.2) is 62.3 Å². The van der Waals surface area contributed by atoms with Crippen molar-refractivity contribution in [2.24, 2.45) is 0 Å². The second kappa shape index (κ2) is 8.68. The number of aryl methyl sites for hydroxylation is 1. The summed E-state index contributed by atoms with van der Waals surface area (Å²) in [6.45, 7) is 9.50. The molecule has 0 bridgehead atoms. The summed E-state index contributed by atoms with van der Waals surface area (Å²) < 4.78 is 5.88. The molecule has 0 unspecified atom stereocenters. The van der Waals surface area contributed by atoms with Crippen LogP contribution < -0.4 is 10.2 Å². The van der Waals surface area contributed by atoms with Crippen LogP contribution in [0.5, 0.6) is 0 Å². The summed E-state index contributed by atoms with van der Waals surface area (Å²) in [6, 6.07) is 9.53. The SMILES string of the molecule is CC(=O)NCC[C@H]1CN(C2CCN(c3ccc(C)cc3)CC2)CCO1. The fraction of sp³-hybridized carbons (Fsp3) is 0.650. The molecular weight excluding hydrogens is 314 g/mol. The molecule has 25 heavy (non-hydrogen) atoms. The van der Waals surface area contributed by atoms with Crippen molar-refractivity contribution in [1.82, 2.24) is 10.2 Å². The molecule has 2 fully saturated rings. The number of ether oxygens (including phenoxy) is 1. The van der Waals surface area contributed by atoms with Gasteiger partial charge in [0.25, 0.3) is 0 Å². The largest absolute Gasteiger partial charge is 0.375 e. The lowest BCUT2D eigenvalue weighted by Gasteiger charge is -2.43. The van der Waals surface area contributed by atoms with E-state index < -0.39 is 0 Å². The van der Waals surface area contributed by atoms with Crippen molar-refractivity contribution in [3.05, 3.63) is 29.8 Å². The third-order valence-corrected chi connectivity index (χ3v) is 5.39. The Morgan fingerprint density at radius 3 is 2.60 bits per heavy atom. The van der Waals surface area contributed by atoms with Crippen molar-refractivity contribution in [3.8, 4) is 0 Å². The number of hydrogen-bond acceptors (Lipinski definition) is 4. The molecule has 1 aromatic rings. The molecular formula is C20H31N3O2. The molecule has 0 spiro atoms. The lowest BCUT2D eigenvalue weighted by molar-refractivity contribution is -0.119. The highest BCUT2D eigenvalue weighted by molar-refractivity contribution is 5.72. The van der Waals surface area contributed by atoms with Crippen molar-refractivity contribution < 1.29 is 9.53 Å². The van der Waals surface area contributed by atoms with E-state index in [0.717, 1.165) is 39.2 Å². The number of nitrogens with zero attached hydrogens (tertiary/aromatic N) is 2. The van der Waals surface area contributed by atoms with Gasteiger partial charge in [-0.1, -0.05) is 17.7 Å². The van der Waals surface area contributed by atoms with Crippen LogP contribution in [0.4, 0.5) is 5.69 Å². The average molecular weight is 345 g/mol. The van der Waals surface area contributed by atoms with E-state index in [1.165, 1.54) is 24.1 Å². The molecule has 1 amide bonds. The summed E-state index contributed by atoms with van der Waals surface area (Å²) in [6.07, 6.45) is 3.58. The summed E-state index contributed by atoms with van der Waals surface area (Å²) in [4.78, 5) is 16.1. The maximum atomic E-state index is 11.0. The number of rotatable bonds is 5. The maximum absolute atomic E-state index is 11.0. The summed E-state index contributed by atoms with van der Waals surface area (Å²) in [5.74, 6) is 0.0381. The van der Waals surface area contributed by atoms with Gasteiger partial charge in [0.05, 0.1) is 12.7 Å². The van der Waals surface area contributed by atoms with Gasteiger partial charge in [-0.3, -0.25) is 9.69 Å². The molecule has 0 aromatic heterocycles. The molecule has 1 N–H and O–H groups in total. The monoisotopic (exact) mass is 345 g/mol. The highest BCUT2D eigenvalue weighted by atomic mass is 16.5. The molecule has 0 saturated carbocycles. The molecule has 0 radical (unpaired) electrons. The lowest BCUT2D eigenvalue weighted by Crippen LogP contribution is -2.52. The number of piperidine rings is 1. The number of hydrogen-bond donors (Lipinski definition) is 1. The Hall–Kier alpha value is -1.59. The minimum absolute atomic E-state index is 0.0381. The third kappa shape index (κ3) is 5.19. The molecule has 1 aromatic carbocycles. The van der Waals surface area contributed by atoms with Gasteiger partial charge in [0.15, 0.2) is 0 Å². The first kappa shape index (κ1) is 18.2. The zero-order valence-corrected chi connectivity index (χ0v) is 15.5. The Labute approximate surface area is 151 Å². The molecule has 3 rings (SSSR count). The van der Waals surface area contributed by atoms with E-state index in [1.54, 1.807) is 6.92 Å². The Bertz CT molecular complexity index is 553. The molecule has 138 valence electrons. The summed E-state index contributed by atoms with van der Waals surface area (Å²) in [7, 11) is 0. The van der Waals surface area contributed by atoms with Gasteiger partial charge in [-0.25, -0.2) is 0 Å². The molecule has 2 heterocycles. The van der Waals surface area contributed by atoms with Gasteiger partial charge in [-0.05, 0) is 38.3 Å². The van der Waals surface area contributed by atoms with E-state index in [4.69, 9.17) is 4.74 Å². The van der Waals surface area contributed by atoms with Gasteiger partial charge in [-0.2, -0.15) is 0 Å². The zero-order valence-electron chi connectivity index (χ0n) is 15.5. The Balaban J connectivity index is 1.45. The predicted molar refractivity (Wildman–Crippen MR) is 101 cm³/mol. The number of morpholine rings is 1. The van der Waals surface area contributed by atoms with Crippen molar-refractivity contribution in [2.75, 3.05) is 44.2 Å². The first-order valence-corrected chi connectivity index (χ1v) is 9.53. The van der Waals surface area contributed by atoms with Gasteiger partial charge in [0, 0.05) is 51.4 Å². The van der Waals surface area contributed by atoms with Gasteiger partial charge < -0.3 is 15.0 Å².